The zero-order valence-electron chi connectivity index (χ0n) is 16.0. The summed E-state index contributed by atoms with van der Waals surface area (Å²) in [4.78, 5) is 11.3. The molecule has 142 valence electrons. The first-order valence-electron chi connectivity index (χ1n) is 9.29. The van der Waals surface area contributed by atoms with E-state index in [-0.39, 0.29) is 11.5 Å². The largest absolute Gasteiger partial charge is 0.465 e. The summed E-state index contributed by atoms with van der Waals surface area (Å²) in [5, 5.41) is 21.7. The second-order valence-corrected chi connectivity index (χ2v) is 8.46. The average molecular weight is 358 g/mol. The van der Waals surface area contributed by atoms with Gasteiger partial charge in [-0.25, -0.2) is 4.79 Å². The molecular weight excluding hydrogens is 328 g/mol. The van der Waals surface area contributed by atoms with E-state index in [1.165, 1.54) is 0 Å². The van der Waals surface area contributed by atoms with E-state index in [0.717, 1.165) is 18.4 Å². The fourth-order valence-electron chi connectivity index (χ4n) is 4.05. The Morgan fingerprint density at radius 3 is 2.46 bits per heavy atom. The van der Waals surface area contributed by atoms with E-state index in [2.05, 4.69) is 11.4 Å². The van der Waals surface area contributed by atoms with E-state index in [4.69, 9.17) is 4.74 Å². The smallest absolute Gasteiger partial charge is 0.404 e. The van der Waals surface area contributed by atoms with Crippen molar-refractivity contribution in [1.82, 2.24) is 5.32 Å². The number of carboxylic acid groups (broad SMARTS) is 1. The Balaban J connectivity index is 1.92. The molecule has 1 saturated carbocycles. The molecule has 5 nitrogen and oxygen atoms in total. The molecule has 0 saturated heterocycles. The normalized spacial score (nSPS) is 24.5. The summed E-state index contributed by atoms with van der Waals surface area (Å²) in [6, 6.07) is 12.2. The van der Waals surface area contributed by atoms with Crippen molar-refractivity contribution in [2.24, 2.45) is 16.7 Å². The first kappa shape index (κ1) is 20.3. The van der Waals surface area contributed by atoms with Crippen molar-refractivity contribution in [2.45, 2.75) is 59.1 Å². The van der Waals surface area contributed by atoms with Crippen LogP contribution in [-0.4, -0.2) is 23.8 Å². The molecule has 1 aliphatic rings. The summed E-state index contributed by atoms with van der Waals surface area (Å²) in [5.41, 5.74) is 0.199. The van der Waals surface area contributed by atoms with E-state index in [9.17, 15) is 15.2 Å². The Kier molecular flexibility index (Phi) is 6.66. The molecule has 0 spiro atoms. The second-order valence-electron chi connectivity index (χ2n) is 8.46. The van der Waals surface area contributed by atoms with E-state index in [0.29, 0.717) is 32.0 Å². The topological polar surface area (TPSA) is 82.4 Å². The van der Waals surface area contributed by atoms with Crippen molar-refractivity contribution in [1.29, 1.82) is 5.26 Å². The number of nitrogens with one attached hydrogen (secondary N) is 1. The Labute approximate surface area is 156 Å². The highest BCUT2D eigenvalue weighted by Crippen LogP contribution is 2.46. The zero-order chi connectivity index (χ0) is 19.2. The molecule has 5 heteroatoms. The Hall–Kier alpha value is -2.06. The number of ether oxygens (including phenoxy) is 1. The van der Waals surface area contributed by atoms with Crippen molar-refractivity contribution < 1.29 is 14.6 Å². The van der Waals surface area contributed by atoms with E-state index >= 15 is 0 Å². The van der Waals surface area contributed by atoms with Crippen LogP contribution in [-0.2, 0) is 11.3 Å². The van der Waals surface area contributed by atoms with E-state index in [1.807, 2.05) is 51.1 Å². The van der Waals surface area contributed by atoms with Gasteiger partial charge >= 0.3 is 6.09 Å². The molecule has 1 aromatic carbocycles. The maximum absolute atomic E-state index is 11.3. The lowest BCUT2D eigenvalue weighted by molar-refractivity contribution is 0.0356. The molecule has 2 rings (SSSR count). The van der Waals surface area contributed by atoms with Crippen LogP contribution in [0, 0.1) is 28.1 Å². The van der Waals surface area contributed by atoms with Crippen LogP contribution in [0.4, 0.5) is 4.79 Å². The van der Waals surface area contributed by atoms with Gasteiger partial charge < -0.3 is 15.2 Å². The Morgan fingerprint density at radius 2 is 1.96 bits per heavy atom. The number of hydrogen-bond donors (Lipinski definition) is 2. The molecule has 1 aromatic rings. The summed E-state index contributed by atoms with van der Waals surface area (Å²) >= 11 is 0. The van der Waals surface area contributed by atoms with Crippen LogP contribution >= 0.6 is 0 Å². The summed E-state index contributed by atoms with van der Waals surface area (Å²) in [6.07, 6.45) is 2.11. The molecule has 2 N–H and O–H groups in total. The molecule has 0 bridgehead atoms. The van der Waals surface area contributed by atoms with Crippen molar-refractivity contribution >= 4 is 6.09 Å². The van der Waals surface area contributed by atoms with Gasteiger partial charge in [0.15, 0.2) is 0 Å². The average Bonchev–Trinajstić information content (AvgIpc) is 2.60. The SMILES string of the molecule is CC(C)(C)C(NC(=O)O)C1(C#N)CCC(COCc2ccccc2)CC1. The fraction of sp³-hybridized carbons (Fsp3) is 0.619. The predicted molar refractivity (Wildman–Crippen MR) is 101 cm³/mol. The summed E-state index contributed by atoms with van der Waals surface area (Å²) < 4.78 is 5.86. The van der Waals surface area contributed by atoms with Crippen LogP contribution < -0.4 is 5.32 Å². The van der Waals surface area contributed by atoms with Crippen LogP contribution in [0.3, 0.4) is 0 Å². The van der Waals surface area contributed by atoms with Gasteiger partial charge in [0.2, 0.25) is 0 Å². The van der Waals surface area contributed by atoms with Gasteiger partial charge in [0, 0.05) is 6.61 Å². The van der Waals surface area contributed by atoms with Crippen molar-refractivity contribution in [2.75, 3.05) is 6.61 Å². The highest BCUT2D eigenvalue weighted by molar-refractivity contribution is 5.65. The molecule has 1 fully saturated rings. The quantitative estimate of drug-likeness (QED) is 0.779. The molecular formula is C21H30N2O3. The minimum atomic E-state index is -1.06. The number of nitriles is 1. The van der Waals surface area contributed by atoms with Crippen molar-refractivity contribution in [3.63, 3.8) is 0 Å². The molecule has 1 unspecified atom stereocenters. The lowest BCUT2D eigenvalue weighted by Crippen LogP contribution is -2.55. The summed E-state index contributed by atoms with van der Waals surface area (Å²) in [6.45, 7) is 7.25. The van der Waals surface area contributed by atoms with Gasteiger partial charge in [-0.2, -0.15) is 5.26 Å². The number of benzene rings is 1. The summed E-state index contributed by atoms with van der Waals surface area (Å²) in [5.74, 6) is 0.422. The Bertz CT molecular complexity index is 623. The van der Waals surface area contributed by atoms with Crippen LogP contribution in [0.1, 0.15) is 52.0 Å². The van der Waals surface area contributed by atoms with Crippen molar-refractivity contribution in [3.8, 4) is 6.07 Å². The standard InChI is InChI=1S/C21H30N2O3/c1-20(2,3)18(23-19(24)25)21(15-22)11-9-17(10-12-21)14-26-13-16-7-5-4-6-8-16/h4-8,17-18,23H,9-14H2,1-3H3,(H,24,25). The van der Waals surface area contributed by atoms with E-state index in [1.54, 1.807) is 0 Å². The third-order valence-electron chi connectivity index (χ3n) is 5.37. The number of rotatable bonds is 6. The monoisotopic (exact) mass is 358 g/mol. The Morgan fingerprint density at radius 1 is 1.35 bits per heavy atom. The van der Waals surface area contributed by atoms with E-state index < -0.39 is 11.5 Å². The fourth-order valence-corrected chi connectivity index (χ4v) is 4.05. The maximum atomic E-state index is 11.3. The summed E-state index contributed by atoms with van der Waals surface area (Å²) in [7, 11) is 0. The highest BCUT2D eigenvalue weighted by atomic mass is 16.5. The molecule has 1 atom stereocenters. The van der Waals surface area contributed by atoms with Crippen LogP contribution in [0.5, 0.6) is 0 Å². The van der Waals surface area contributed by atoms with Gasteiger partial charge in [0.05, 0.1) is 24.1 Å². The van der Waals surface area contributed by atoms with Crippen LogP contribution in [0.2, 0.25) is 0 Å². The van der Waals surface area contributed by atoms with Gasteiger partial charge in [-0.1, -0.05) is 51.1 Å². The first-order valence-corrected chi connectivity index (χ1v) is 9.29. The van der Waals surface area contributed by atoms with Crippen LogP contribution in [0.15, 0.2) is 30.3 Å². The zero-order valence-corrected chi connectivity index (χ0v) is 16.0. The van der Waals surface area contributed by atoms with Crippen LogP contribution in [0.25, 0.3) is 0 Å². The predicted octanol–water partition coefficient (Wildman–Crippen LogP) is 4.59. The third kappa shape index (κ3) is 5.22. The molecule has 1 amide bonds. The number of hydrogen-bond acceptors (Lipinski definition) is 3. The van der Waals surface area contributed by atoms with Crippen molar-refractivity contribution in [3.05, 3.63) is 35.9 Å². The highest BCUT2D eigenvalue weighted by Gasteiger charge is 2.48. The van der Waals surface area contributed by atoms with Gasteiger partial charge in [-0.3, -0.25) is 0 Å². The number of amides is 1. The van der Waals surface area contributed by atoms with Gasteiger partial charge in [-0.05, 0) is 42.6 Å². The third-order valence-corrected chi connectivity index (χ3v) is 5.37. The molecule has 0 radical (unpaired) electrons. The number of carbonyl (C=O) groups is 1. The first-order chi connectivity index (χ1) is 12.3. The molecule has 26 heavy (non-hydrogen) atoms. The minimum absolute atomic E-state index is 0.315. The minimum Gasteiger partial charge on any atom is -0.465 e. The number of nitrogens with zero attached hydrogens (tertiary/aromatic N) is 1. The second kappa shape index (κ2) is 8.55. The van der Waals surface area contributed by atoms with Gasteiger partial charge in [0.1, 0.15) is 0 Å². The molecule has 0 heterocycles. The molecule has 0 aliphatic heterocycles. The maximum Gasteiger partial charge on any atom is 0.404 e. The lowest BCUT2D eigenvalue weighted by Gasteiger charge is -2.46. The molecule has 1 aliphatic carbocycles. The van der Waals surface area contributed by atoms with Gasteiger partial charge in [0.25, 0.3) is 0 Å². The van der Waals surface area contributed by atoms with Gasteiger partial charge in [-0.15, -0.1) is 0 Å². The lowest BCUT2D eigenvalue weighted by atomic mass is 9.61. The molecule has 0 aromatic heterocycles.